The van der Waals surface area contributed by atoms with Gasteiger partial charge in [-0.2, -0.15) is 18.3 Å². The van der Waals surface area contributed by atoms with Gasteiger partial charge in [-0.15, -0.1) is 0 Å². The van der Waals surface area contributed by atoms with E-state index in [4.69, 9.17) is 9.15 Å². The van der Waals surface area contributed by atoms with Gasteiger partial charge in [-0.25, -0.2) is 14.6 Å². The van der Waals surface area contributed by atoms with E-state index in [0.717, 1.165) is 17.5 Å². The van der Waals surface area contributed by atoms with Crippen molar-refractivity contribution in [1.29, 1.82) is 0 Å². The van der Waals surface area contributed by atoms with E-state index in [0.29, 0.717) is 24.7 Å². The smallest absolute Gasteiger partial charge is 0.408 e. The van der Waals surface area contributed by atoms with Crippen molar-refractivity contribution >= 4 is 0 Å². The summed E-state index contributed by atoms with van der Waals surface area (Å²) in [6.45, 7) is 3.13. The molecule has 0 spiro atoms. The molecule has 2 heterocycles. The van der Waals surface area contributed by atoms with Crippen molar-refractivity contribution in [3.8, 4) is 11.5 Å². The minimum atomic E-state index is -4.39. The van der Waals surface area contributed by atoms with Gasteiger partial charge < -0.3 is 9.15 Å². The number of methoxy groups -OCH3 is 1. The summed E-state index contributed by atoms with van der Waals surface area (Å²) in [5.41, 5.74) is 0.215. The highest BCUT2D eigenvalue weighted by Crippen LogP contribution is 2.48. The second-order valence-electron chi connectivity index (χ2n) is 6.96. The van der Waals surface area contributed by atoms with Crippen molar-refractivity contribution in [2.45, 2.75) is 51.7 Å². The van der Waals surface area contributed by atoms with Crippen LogP contribution in [-0.2, 0) is 17.7 Å². The van der Waals surface area contributed by atoms with Gasteiger partial charge in [0.2, 0.25) is 0 Å². The first-order valence-corrected chi connectivity index (χ1v) is 8.16. The maximum atomic E-state index is 12.9. The molecule has 0 radical (unpaired) electrons. The Bertz CT molecular complexity index is 732. The molecule has 0 amide bonds. The second-order valence-corrected chi connectivity index (χ2v) is 6.96. The molecule has 138 valence electrons. The number of nitrogens with zero attached hydrogens (tertiary/aromatic N) is 4. The molecule has 0 bridgehead atoms. The molecule has 1 aliphatic rings. The van der Waals surface area contributed by atoms with Crippen LogP contribution in [0.1, 0.15) is 44.3 Å². The molecule has 0 saturated heterocycles. The predicted octanol–water partition coefficient (Wildman–Crippen LogP) is 3.59. The second kappa shape index (κ2) is 6.44. The summed E-state index contributed by atoms with van der Waals surface area (Å²) >= 11 is 0. The summed E-state index contributed by atoms with van der Waals surface area (Å²) in [5, 5.41) is 4.08. The maximum absolute atomic E-state index is 12.9. The molecule has 2 aromatic heterocycles. The minimum Gasteiger partial charge on any atom is -0.448 e. The van der Waals surface area contributed by atoms with E-state index in [-0.39, 0.29) is 22.9 Å². The lowest BCUT2D eigenvalue weighted by Gasteiger charge is -2.10. The Hall–Kier alpha value is -1.90. The van der Waals surface area contributed by atoms with E-state index in [2.05, 4.69) is 15.1 Å². The summed E-state index contributed by atoms with van der Waals surface area (Å²) in [6.07, 6.45) is -0.642. The zero-order chi connectivity index (χ0) is 18.2. The summed E-state index contributed by atoms with van der Waals surface area (Å²) in [6, 6.07) is 0. The maximum Gasteiger partial charge on any atom is 0.408 e. The average Bonchev–Trinajstić information content (AvgIpc) is 2.93. The van der Waals surface area contributed by atoms with Crippen LogP contribution in [0.15, 0.2) is 10.7 Å². The Balaban J connectivity index is 1.91. The molecule has 0 atom stereocenters. The van der Waals surface area contributed by atoms with Gasteiger partial charge in [0.15, 0.2) is 17.5 Å². The van der Waals surface area contributed by atoms with E-state index in [1.54, 1.807) is 7.11 Å². The van der Waals surface area contributed by atoms with Gasteiger partial charge in [0, 0.05) is 24.9 Å². The van der Waals surface area contributed by atoms with E-state index in [9.17, 15) is 13.2 Å². The molecule has 2 aromatic rings. The highest BCUT2D eigenvalue weighted by molar-refractivity contribution is 5.47. The minimum absolute atomic E-state index is 0.0312. The van der Waals surface area contributed by atoms with Crippen LogP contribution in [0, 0.1) is 5.41 Å². The summed E-state index contributed by atoms with van der Waals surface area (Å²) < 4.78 is 50.1. The standard InChI is InChI=1S/C16H21F3N4O2/c1-10(2)14-20-11(7-25-14)13-21-12(6-15(4-5-15)9-24-3)22-23(13)8-16(17,18)19/h7,10H,4-6,8-9H2,1-3H3. The number of halogens is 3. The lowest BCUT2D eigenvalue weighted by Crippen LogP contribution is -2.20. The summed E-state index contributed by atoms with van der Waals surface area (Å²) in [4.78, 5) is 8.57. The lowest BCUT2D eigenvalue weighted by molar-refractivity contribution is -0.142. The Morgan fingerprint density at radius 1 is 1.32 bits per heavy atom. The lowest BCUT2D eigenvalue weighted by atomic mass is 10.0. The molecular weight excluding hydrogens is 337 g/mol. The van der Waals surface area contributed by atoms with Gasteiger partial charge in [-0.05, 0) is 12.8 Å². The molecule has 1 aliphatic carbocycles. The van der Waals surface area contributed by atoms with Crippen molar-refractivity contribution in [2.75, 3.05) is 13.7 Å². The third-order valence-corrected chi connectivity index (χ3v) is 4.23. The first kappa shape index (κ1) is 17.9. The van der Waals surface area contributed by atoms with Crippen molar-refractivity contribution in [1.82, 2.24) is 19.7 Å². The van der Waals surface area contributed by atoms with Gasteiger partial charge in [-0.1, -0.05) is 13.8 Å². The molecule has 9 heteroatoms. The van der Waals surface area contributed by atoms with Crippen LogP contribution >= 0.6 is 0 Å². The number of alkyl halides is 3. The molecule has 0 aliphatic heterocycles. The Labute approximate surface area is 143 Å². The van der Waals surface area contributed by atoms with Crippen molar-refractivity contribution < 1.29 is 22.3 Å². The zero-order valence-corrected chi connectivity index (χ0v) is 14.4. The van der Waals surface area contributed by atoms with Crippen LogP contribution in [0.3, 0.4) is 0 Å². The van der Waals surface area contributed by atoms with Crippen LogP contribution < -0.4 is 0 Å². The van der Waals surface area contributed by atoms with Gasteiger partial charge in [0.25, 0.3) is 0 Å². The van der Waals surface area contributed by atoms with E-state index in [1.807, 2.05) is 13.8 Å². The largest absolute Gasteiger partial charge is 0.448 e. The summed E-state index contributed by atoms with van der Waals surface area (Å²) in [7, 11) is 1.62. The van der Waals surface area contributed by atoms with E-state index in [1.165, 1.54) is 6.26 Å². The van der Waals surface area contributed by atoms with Gasteiger partial charge in [0.1, 0.15) is 18.5 Å². The van der Waals surface area contributed by atoms with Crippen LogP contribution in [0.4, 0.5) is 13.2 Å². The average molecular weight is 358 g/mol. The molecule has 1 fully saturated rings. The Morgan fingerprint density at radius 2 is 2.04 bits per heavy atom. The number of hydrogen-bond donors (Lipinski definition) is 0. The third-order valence-electron chi connectivity index (χ3n) is 4.23. The molecule has 3 rings (SSSR count). The van der Waals surface area contributed by atoms with Crippen LogP contribution in [0.25, 0.3) is 11.5 Å². The number of rotatable bonds is 7. The van der Waals surface area contributed by atoms with Crippen molar-refractivity contribution in [3.05, 3.63) is 18.0 Å². The molecule has 1 saturated carbocycles. The number of oxazole rings is 1. The fourth-order valence-corrected chi connectivity index (χ4v) is 2.78. The molecule has 6 nitrogen and oxygen atoms in total. The fraction of sp³-hybridized carbons (Fsp3) is 0.688. The third kappa shape index (κ3) is 4.20. The molecule has 0 aromatic carbocycles. The predicted molar refractivity (Wildman–Crippen MR) is 82.9 cm³/mol. The van der Waals surface area contributed by atoms with E-state index >= 15 is 0 Å². The van der Waals surface area contributed by atoms with Gasteiger partial charge in [-0.3, -0.25) is 0 Å². The SMILES string of the molecule is COCC1(Cc2nc(-c3coc(C(C)C)n3)n(CC(F)(F)F)n2)CC1. The van der Waals surface area contributed by atoms with Gasteiger partial charge in [0.05, 0.1) is 6.61 Å². The molecule has 0 unspecified atom stereocenters. The summed E-state index contributed by atoms with van der Waals surface area (Å²) in [5.74, 6) is 0.943. The number of aromatic nitrogens is 4. The van der Waals surface area contributed by atoms with Gasteiger partial charge >= 0.3 is 6.18 Å². The van der Waals surface area contributed by atoms with E-state index < -0.39 is 12.7 Å². The zero-order valence-electron chi connectivity index (χ0n) is 14.4. The topological polar surface area (TPSA) is 66.0 Å². The quantitative estimate of drug-likeness (QED) is 0.757. The molecule has 0 N–H and O–H groups in total. The highest BCUT2D eigenvalue weighted by atomic mass is 19.4. The first-order valence-electron chi connectivity index (χ1n) is 8.16. The van der Waals surface area contributed by atoms with Crippen LogP contribution in [0.5, 0.6) is 0 Å². The van der Waals surface area contributed by atoms with Crippen LogP contribution in [-0.4, -0.2) is 39.6 Å². The molecule has 25 heavy (non-hydrogen) atoms. The normalized spacial score (nSPS) is 16.6. The number of ether oxygens (including phenoxy) is 1. The number of hydrogen-bond acceptors (Lipinski definition) is 5. The Morgan fingerprint density at radius 3 is 2.56 bits per heavy atom. The monoisotopic (exact) mass is 358 g/mol. The van der Waals surface area contributed by atoms with Crippen molar-refractivity contribution in [2.24, 2.45) is 5.41 Å². The first-order chi connectivity index (χ1) is 11.7. The molecular formula is C16H21F3N4O2. The van der Waals surface area contributed by atoms with Crippen molar-refractivity contribution in [3.63, 3.8) is 0 Å². The highest BCUT2D eigenvalue weighted by Gasteiger charge is 2.44. The fourth-order valence-electron chi connectivity index (χ4n) is 2.78. The van der Waals surface area contributed by atoms with Crippen LogP contribution in [0.2, 0.25) is 0 Å². The Kier molecular flexibility index (Phi) is 4.61.